The van der Waals surface area contributed by atoms with Crippen LogP contribution in [0.1, 0.15) is 81.0 Å². The Kier molecular flexibility index (Phi) is 14.8. The van der Waals surface area contributed by atoms with Crippen LogP contribution in [0.15, 0.2) is 72.8 Å². The predicted octanol–water partition coefficient (Wildman–Crippen LogP) is -0.00918. The van der Waals surface area contributed by atoms with Gasteiger partial charge in [0.1, 0.15) is 0 Å². The second-order valence-electron chi connectivity index (χ2n) is 10.5. The standard InChI is InChI=1S/C34H39.3ClH.Ti/c1-8-9-10-29-11-12-30(22-29)34(31-16-23(2)13-24(3)17-31,32-18-25(4)14-26(5)19-32)33-20-27(6)15-28(7)21-33;;;;/h11-22H,8-10H2,1-7H3;3*1H;/q-1;;;;+4/p-3. The van der Waals surface area contributed by atoms with Gasteiger partial charge >= 0.3 is 21.7 Å². The molecule has 0 bridgehead atoms. The van der Waals surface area contributed by atoms with Crippen molar-refractivity contribution in [2.24, 2.45) is 0 Å². The van der Waals surface area contributed by atoms with Crippen molar-refractivity contribution in [2.75, 3.05) is 0 Å². The van der Waals surface area contributed by atoms with E-state index in [1.807, 2.05) is 0 Å². The molecule has 0 aliphatic heterocycles. The summed E-state index contributed by atoms with van der Waals surface area (Å²) < 4.78 is 0. The second kappa shape index (κ2) is 15.4. The van der Waals surface area contributed by atoms with E-state index in [1.54, 1.807) is 0 Å². The van der Waals surface area contributed by atoms with Gasteiger partial charge in [-0.3, -0.25) is 0 Å². The molecule has 0 unspecified atom stereocenters. The Morgan fingerprint density at radius 3 is 1.24 bits per heavy atom. The second-order valence-corrected chi connectivity index (χ2v) is 10.5. The molecule has 200 valence electrons. The summed E-state index contributed by atoms with van der Waals surface area (Å²) in [5.74, 6) is 0. The van der Waals surface area contributed by atoms with Crippen LogP contribution in [-0.2, 0) is 33.6 Å². The molecule has 0 aliphatic rings. The summed E-state index contributed by atoms with van der Waals surface area (Å²) in [6, 6.07) is 28.5. The Labute approximate surface area is 264 Å². The van der Waals surface area contributed by atoms with Crippen molar-refractivity contribution in [3.8, 4) is 0 Å². The first-order chi connectivity index (χ1) is 16.2. The fourth-order valence-electron chi connectivity index (χ4n) is 5.84. The van der Waals surface area contributed by atoms with Gasteiger partial charge in [-0.15, -0.1) is 5.56 Å². The predicted molar refractivity (Wildman–Crippen MR) is 147 cm³/mol. The number of halogens is 3. The summed E-state index contributed by atoms with van der Waals surface area (Å²) in [6.07, 6.45) is 3.59. The average Bonchev–Trinajstić information content (AvgIpc) is 3.20. The Morgan fingerprint density at radius 1 is 0.579 bits per heavy atom. The fourth-order valence-corrected chi connectivity index (χ4v) is 5.84. The number of unbranched alkanes of at least 4 members (excludes halogenated alkanes) is 1. The largest absolute Gasteiger partial charge is 4.00 e. The van der Waals surface area contributed by atoms with Crippen molar-refractivity contribution in [1.82, 2.24) is 0 Å². The van der Waals surface area contributed by atoms with E-state index in [-0.39, 0.29) is 64.4 Å². The van der Waals surface area contributed by atoms with Crippen molar-refractivity contribution in [3.63, 3.8) is 0 Å². The molecule has 0 N–H and O–H groups in total. The van der Waals surface area contributed by atoms with Gasteiger partial charge in [0, 0.05) is 5.41 Å². The van der Waals surface area contributed by atoms with Crippen LogP contribution >= 0.6 is 0 Å². The molecule has 0 radical (unpaired) electrons. The molecule has 4 rings (SSSR count). The fraction of sp³-hybridized carbons (Fsp3) is 0.324. The first-order valence-electron chi connectivity index (χ1n) is 12.7. The Balaban J connectivity index is 0.00000342. The van der Waals surface area contributed by atoms with Gasteiger partial charge in [0.15, 0.2) is 0 Å². The van der Waals surface area contributed by atoms with E-state index in [0.29, 0.717) is 0 Å². The maximum Gasteiger partial charge on any atom is 4.00 e. The number of benzene rings is 3. The molecule has 0 saturated carbocycles. The average molecular weight is 602 g/mol. The van der Waals surface area contributed by atoms with Gasteiger partial charge < -0.3 is 37.2 Å². The van der Waals surface area contributed by atoms with Crippen molar-refractivity contribution < 1.29 is 58.9 Å². The molecule has 0 spiro atoms. The van der Waals surface area contributed by atoms with Crippen molar-refractivity contribution >= 4 is 0 Å². The minimum Gasteiger partial charge on any atom is -1.00 e. The molecule has 0 heterocycles. The molecule has 38 heavy (non-hydrogen) atoms. The zero-order chi connectivity index (χ0) is 24.5. The molecule has 4 aromatic rings. The number of hydrogen-bond donors (Lipinski definition) is 0. The van der Waals surface area contributed by atoms with Gasteiger partial charge in [-0.25, -0.2) is 6.07 Å². The van der Waals surface area contributed by atoms with E-state index in [1.165, 1.54) is 74.0 Å². The van der Waals surface area contributed by atoms with Crippen LogP contribution in [0.25, 0.3) is 0 Å². The Bertz CT molecular complexity index is 1130. The van der Waals surface area contributed by atoms with Gasteiger partial charge in [-0.1, -0.05) is 114 Å². The van der Waals surface area contributed by atoms with Gasteiger partial charge in [0.2, 0.25) is 0 Å². The third kappa shape index (κ3) is 7.62. The zero-order valence-electron chi connectivity index (χ0n) is 23.7. The summed E-state index contributed by atoms with van der Waals surface area (Å²) in [6.45, 7) is 15.6. The van der Waals surface area contributed by atoms with Crippen LogP contribution in [-0.4, -0.2) is 0 Å². The third-order valence-electron chi connectivity index (χ3n) is 7.03. The molecule has 0 amide bonds. The third-order valence-corrected chi connectivity index (χ3v) is 7.03. The normalized spacial score (nSPS) is 10.5. The monoisotopic (exact) mass is 600 g/mol. The van der Waals surface area contributed by atoms with E-state index < -0.39 is 0 Å². The zero-order valence-corrected chi connectivity index (χ0v) is 27.5. The quantitative estimate of drug-likeness (QED) is 0.159. The van der Waals surface area contributed by atoms with Crippen LogP contribution < -0.4 is 37.2 Å². The maximum atomic E-state index is 2.47. The van der Waals surface area contributed by atoms with E-state index in [9.17, 15) is 0 Å². The van der Waals surface area contributed by atoms with Gasteiger partial charge in [0.25, 0.3) is 0 Å². The Hall–Kier alpha value is -1.41. The topological polar surface area (TPSA) is 0 Å². The first-order valence-corrected chi connectivity index (χ1v) is 12.7. The van der Waals surface area contributed by atoms with Crippen LogP contribution in [0.3, 0.4) is 0 Å². The molecule has 4 heteroatoms. The van der Waals surface area contributed by atoms with Gasteiger partial charge in [0.05, 0.1) is 0 Å². The summed E-state index contributed by atoms with van der Waals surface area (Å²) in [5.41, 5.74) is 14.4. The smallest absolute Gasteiger partial charge is 1.00 e. The number of rotatable bonds is 7. The Morgan fingerprint density at radius 2 is 0.921 bits per heavy atom. The maximum absolute atomic E-state index is 2.47. The van der Waals surface area contributed by atoms with Gasteiger partial charge in [-0.05, 0) is 58.2 Å². The summed E-state index contributed by atoms with van der Waals surface area (Å²) in [7, 11) is 0. The first kappa shape index (κ1) is 36.6. The number of hydrogen-bond acceptors (Lipinski definition) is 0. The molecule has 0 aliphatic carbocycles. The molecule has 0 aromatic heterocycles. The summed E-state index contributed by atoms with van der Waals surface area (Å²) >= 11 is 0. The molecule has 0 saturated heterocycles. The molecular formula is C34H39Cl3Ti. The molecule has 0 fully saturated rings. The van der Waals surface area contributed by atoms with E-state index in [0.717, 1.165) is 6.42 Å². The molecule has 0 atom stereocenters. The summed E-state index contributed by atoms with van der Waals surface area (Å²) in [4.78, 5) is 0. The SMILES string of the molecule is CCCCc1cc[c-](C(c2cc(C)cc(C)c2)(c2cc(C)cc(C)c2)c2cc(C)cc(C)c2)c1.[Cl-].[Cl-].[Cl-].[Ti+4]. The minimum absolute atomic E-state index is 0. The molecule has 4 aromatic carbocycles. The molecule has 0 nitrogen and oxygen atoms in total. The van der Waals surface area contributed by atoms with Crippen LogP contribution in [0.4, 0.5) is 0 Å². The minimum atomic E-state index is -0.366. The summed E-state index contributed by atoms with van der Waals surface area (Å²) in [5, 5.41) is 0. The van der Waals surface area contributed by atoms with Crippen LogP contribution in [0.2, 0.25) is 0 Å². The van der Waals surface area contributed by atoms with E-state index >= 15 is 0 Å². The van der Waals surface area contributed by atoms with Crippen molar-refractivity contribution in [1.29, 1.82) is 0 Å². The van der Waals surface area contributed by atoms with E-state index in [4.69, 9.17) is 0 Å². The van der Waals surface area contributed by atoms with Crippen LogP contribution in [0.5, 0.6) is 0 Å². The van der Waals surface area contributed by atoms with Gasteiger partial charge in [-0.2, -0.15) is 17.7 Å². The van der Waals surface area contributed by atoms with E-state index in [2.05, 4.69) is 121 Å². The van der Waals surface area contributed by atoms with Crippen LogP contribution in [0, 0.1) is 41.5 Å². The van der Waals surface area contributed by atoms with Crippen molar-refractivity contribution in [2.45, 2.75) is 73.1 Å². The molecular weight excluding hydrogens is 563 g/mol. The van der Waals surface area contributed by atoms with Crippen molar-refractivity contribution in [3.05, 3.63) is 134 Å². The number of aryl methyl sites for hydroxylation is 7.